The van der Waals surface area contributed by atoms with E-state index in [2.05, 4.69) is 0 Å². The second-order valence-electron chi connectivity index (χ2n) is 6.44. The summed E-state index contributed by atoms with van der Waals surface area (Å²) in [5.41, 5.74) is 2.16. The summed E-state index contributed by atoms with van der Waals surface area (Å²) in [6, 6.07) is 10.7. The Bertz CT molecular complexity index is 898. The molecule has 2 aromatic carbocycles. The molecule has 1 heterocycles. The van der Waals surface area contributed by atoms with Gasteiger partial charge in [-0.2, -0.15) is 0 Å². The Hall–Kier alpha value is -2.73. The maximum absolute atomic E-state index is 12.7. The van der Waals surface area contributed by atoms with Crippen LogP contribution < -0.4 is 14.4 Å². The van der Waals surface area contributed by atoms with Crippen LogP contribution in [0, 0.1) is 0 Å². The predicted octanol–water partition coefficient (Wildman–Crippen LogP) is 3.88. The smallest absolute Gasteiger partial charge is 0.338 e. The van der Waals surface area contributed by atoms with Crippen LogP contribution in [0.5, 0.6) is 11.5 Å². The van der Waals surface area contributed by atoms with E-state index >= 15 is 0 Å². The molecule has 3 rings (SSSR count). The van der Waals surface area contributed by atoms with Crippen LogP contribution in [-0.2, 0) is 16.0 Å². The fraction of sp³-hybridized carbons (Fsp3) is 0.333. The molecule has 1 atom stereocenters. The number of methoxy groups -OCH3 is 1. The van der Waals surface area contributed by atoms with Gasteiger partial charge in [-0.3, -0.25) is 4.79 Å². The molecule has 148 valence electrons. The molecule has 1 aliphatic rings. The number of benzene rings is 2. The van der Waals surface area contributed by atoms with Crippen molar-refractivity contribution in [2.75, 3.05) is 25.2 Å². The number of carbonyl (C=O) groups is 2. The fourth-order valence-electron chi connectivity index (χ4n) is 3.35. The summed E-state index contributed by atoms with van der Waals surface area (Å²) in [6.45, 7) is 3.84. The topological polar surface area (TPSA) is 65.1 Å². The third-order valence-electron chi connectivity index (χ3n) is 4.56. The lowest BCUT2D eigenvalue weighted by atomic mass is 10.1. The molecule has 0 spiro atoms. The van der Waals surface area contributed by atoms with E-state index < -0.39 is 5.97 Å². The first-order valence-electron chi connectivity index (χ1n) is 9.03. The number of anilines is 1. The normalized spacial score (nSPS) is 15.1. The molecule has 0 aromatic heterocycles. The number of ether oxygens (including phenoxy) is 3. The summed E-state index contributed by atoms with van der Waals surface area (Å²) in [5, 5.41) is 0.238. The van der Waals surface area contributed by atoms with Crippen LogP contribution >= 0.6 is 11.6 Å². The van der Waals surface area contributed by atoms with Crippen LogP contribution in [0.15, 0.2) is 36.4 Å². The molecule has 0 fully saturated rings. The fourth-order valence-corrected chi connectivity index (χ4v) is 3.61. The molecule has 0 aliphatic carbocycles. The van der Waals surface area contributed by atoms with Crippen LogP contribution in [0.1, 0.15) is 29.8 Å². The summed E-state index contributed by atoms with van der Waals surface area (Å²) in [4.78, 5) is 26.8. The van der Waals surface area contributed by atoms with Crippen molar-refractivity contribution in [3.8, 4) is 11.5 Å². The van der Waals surface area contributed by atoms with Gasteiger partial charge in [0, 0.05) is 11.7 Å². The zero-order valence-corrected chi connectivity index (χ0v) is 16.8. The molecule has 0 unspecified atom stereocenters. The van der Waals surface area contributed by atoms with Crippen LogP contribution in [0.25, 0.3) is 0 Å². The Morgan fingerprint density at radius 1 is 1.25 bits per heavy atom. The summed E-state index contributed by atoms with van der Waals surface area (Å²) in [7, 11) is 1.46. The third-order valence-corrected chi connectivity index (χ3v) is 4.84. The van der Waals surface area contributed by atoms with E-state index in [4.69, 9.17) is 25.8 Å². The van der Waals surface area contributed by atoms with Gasteiger partial charge in [-0.15, -0.1) is 0 Å². The van der Waals surface area contributed by atoms with Gasteiger partial charge in [0.05, 0.1) is 24.3 Å². The molecule has 6 nitrogen and oxygen atoms in total. The van der Waals surface area contributed by atoms with Gasteiger partial charge in [0.1, 0.15) is 0 Å². The minimum absolute atomic E-state index is 0.0172. The molecule has 1 amide bonds. The maximum atomic E-state index is 12.7. The molecule has 0 radical (unpaired) electrons. The van der Waals surface area contributed by atoms with Gasteiger partial charge in [0.25, 0.3) is 5.91 Å². The minimum atomic E-state index is -0.656. The summed E-state index contributed by atoms with van der Waals surface area (Å²) in [6.07, 6.45) is 0.779. The van der Waals surface area contributed by atoms with Crippen molar-refractivity contribution in [3.05, 3.63) is 52.5 Å². The molecule has 7 heteroatoms. The van der Waals surface area contributed by atoms with Crippen molar-refractivity contribution < 1.29 is 23.8 Å². The Kier molecular flexibility index (Phi) is 6.09. The van der Waals surface area contributed by atoms with Crippen molar-refractivity contribution in [2.24, 2.45) is 0 Å². The Morgan fingerprint density at radius 2 is 2.00 bits per heavy atom. The molecule has 0 saturated carbocycles. The Balaban J connectivity index is 1.71. The molecule has 1 aliphatic heterocycles. The van der Waals surface area contributed by atoms with Crippen molar-refractivity contribution in [2.45, 2.75) is 26.3 Å². The zero-order chi connectivity index (χ0) is 20.3. The van der Waals surface area contributed by atoms with E-state index in [0.29, 0.717) is 18.1 Å². The van der Waals surface area contributed by atoms with E-state index in [1.165, 1.54) is 19.2 Å². The monoisotopic (exact) mass is 403 g/mol. The number of fused-ring (bicyclic) bond motifs is 1. The van der Waals surface area contributed by atoms with Crippen LogP contribution in [0.3, 0.4) is 0 Å². The largest absolute Gasteiger partial charge is 0.493 e. The van der Waals surface area contributed by atoms with E-state index in [9.17, 15) is 9.59 Å². The number of hydrogen-bond donors (Lipinski definition) is 0. The highest BCUT2D eigenvalue weighted by Gasteiger charge is 2.31. The van der Waals surface area contributed by atoms with Gasteiger partial charge in [-0.05, 0) is 44.0 Å². The lowest BCUT2D eigenvalue weighted by Gasteiger charge is -2.22. The predicted molar refractivity (Wildman–Crippen MR) is 107 cm³/mol. The first-order chi connectivity index (χ1) is 13.5. The van der Waals surface area contributed by atoms with Crippen LogP contribution in [-0.4, -0.2) is 38.2 Å². The minimum Gasteiger partial charge on any atom is -0.493 e. The van der Waals surface area contributed by atoms with E-state index in [1.807, 2.05) is 38.1 Å². The quantitative estimate of drug-likeness (QED) is 0.685. The highest BCUT2D eigenvalue weighted by Crippen LogP contribution is 2.36. The zero-order valence-electron chi connectivity index (χ0n) is 16.0. The molecule has 28 heavy (non-hydrogen) atoms. The Morgan fingerprint density at radius 3 is 2.71 bits per heavy atom. The van der Waals surface area contributed by atoms with Crippen molar-refractivity contribution in [1.82, 2.24) is 0 Å². The van der Waals surface area contributed by atoms with Gasteiger partial charge in [0.2, 0.25) is 0 Å². The molecular formula is C21H22ClNO5. The van der Waals surface area contributed by atoms with Gasteiger partial charge in [-0.25, -0.2) is 4.79 Å². The third kappa shape index (κ3) is 3.92. The van der Waals surface area contributed by atoms with Gasteiger partial charge >= 0.3 is 5.97 Å². The second kappa shape index (κ2) is 8.52. The first-order valence-corrected chi connectivity index (χ1v) is 9.41. The second-order valence-corrected chi connectivity index (χ2v) is 6.85. The van der Waals surface area contributed by atoms with Crippen LogP contribution in [0.2, 0.25) is 5.02 Å². The number of rotatable bonds is 6. The number of carbonyl (C=O) groups excluding carboxylic acids is 2. The average Bonchev–Trinajstić information content (AvgIpc) is 3.03. The number of para-hydroxylation sites is 1. The van der Waals surface area contributed by atoms with Gasteiger partial charge in [0.15, 0.2) is 18.1 Å². The van der Waals surface area contributed by atoms with Crippen molar-refractivity contribution in [1.29, 1.82) is 0 Å². The van der Waals surface area contributed by atoms with Gasteiger partial charge < -0.3 is 19.1 Å². The Labute approximate surface area is 168 Å². The number of nitrogens with zero attached hydrogens (tertiary/aromatic N) is 1. The van der Waals surface area contributed by atoms with Crippen molar-refractivity contribution in [3.63, 3.8) is 0 Å². The number of hydrogen-bond acceptors (Lipinski definition) is 5. The van der Waals surface area contributed by atoms with Crippen LogP contribution in [0.4, 0.5) is 5.69 Å². The number of esters is 1. The highest BCUT2D eigenvalue weighted by molar-refractivity contribution is 6.32. The summed E-state index contributed by atoms with van der Waals surface area (Å²) >= 11 is 6.19. The summed E-state index contributed by atoms with van der Waals surface area (Å²) in [5.74, 6) is -0.233. The number of halogens is 1. The molecule has 0 bridgehead atoms. The molecule has 0 N–H and O–H groups in total. The highest BCUT2D eigenvalue weighted by atomic mass is 35.5. The van der Waals surface area contributed by atoms with Crippen molar-refractivity contribution >= 4 is 29.2 Å². The lowest BCUT2D eigenvalue weighted by Crippen LogP contribution is -2.38. The molecule has 0 saturated heterocycles. The number of amides is 1. The standard InChI is InChI=1S/C21H22ClNO5/c1-4-27-20-16(22)10-15(11-18(20)26-3)21(25)28-12-19(24)23-13(2)9-14-7-5-6-8-17(14)23/h5-8,10-11,13H,4,9,12H2,1-3H3/t13-/m1/s1. The first kappa shape index (κ1) is 20.0. The molecule has 2 aromatic rings. The average molecular weight is 404 g/mol. The van der Waals surface area contributed by atoms with E-state index in [-0.39, 0.29) is 29.1 Å². The SMILES string of the molecule is CCOc1c(Cl)cc(C(=O)OCC(=O)N2c3ccccc3C[C@H]2C)cc1OC. The summed E-state index contributed by atoms with van der Waals surface area (Å²) < 4.78 is 15.9. The van der Waals surface area contributed by atoms with Gasteiger partial charge in [-0.1, -0.05) is 29.8 Å². The maximum Gasteiger partial charge on any atom is 0.338 e. The molecular weight excluding hydrogens is 382 g/mol. The van der Waals surface area contributed by atoms with E-state index in [0.717, 1.165) is 17.7 Å². The van der Waals surface area contributed by atoms with E-state index in [1.54, 1.807) is 4.90 Å². The lowest BCUT2D eigenvalue weighted by molar-refractivity contribution is -0.122.